The maximum atomic E-state index is 11.4. The first kappa shape index (κ1) is 16.4. The number of methoxy groups -OCH3 is 2. The summed E-state index contributed by atoms with van der Waals surface area (Å²) in [5, 5.41) is 3.29. The largest absolute Gasteiger partial charge is 0.383 e. The fraction of sp³-hybridized carbons (Fsp3) is 0.923. The number of nitrogens with one attached hydrogen (secondary N) is 1. The van der Waals surface area contributed by atoms with Crippen molar-refractivity contribution in [2.24, 2.45) is 5.73 Å². The molecule has 1 atom stereocenters. The fourth-order valence-electron chi connectivity index (χ4n) is 1.93. The summed E-state index contributed by atoms with van der Waals surface area (Å²) in [5.41, 5.74) is 5.43. The topological polar surface area (TPSA) is 76.8 Å². The van der Waals surface area contributed by atoms with Gasteiger partial charge in [-0.2, -0.15) is 0 Å². The molecular formula is C13H27N3O3. The molecule has 0 aromatic heterocycles. The third kappa shape index (κ3) is 7.47. The van der Waals surface area contributed by atoms with Crippen LogP contribution in [0.25, 0.3) is 0 Å². The molecule has 1 fully saturated rings. The minimum absolute atomic E-state index is 0.222. The maximum Gasteiger partial charge on any atom is 0.234 e. The van der Waals surface area contributed by atoms with Gasteiger partial charge >= 0.3 is 0 Å². The molecule has 6 nitrogen and oxygen atoms in total. The first-order valence-electron chi connectivity index (χ1n) is 6.93. The monoisotopic (exact) mass is 273 g/mol. The van der Waals surface area contributed by atoms with Gasteiger partial charge in [-0.3, -0.25) is 9.69 Å². The number of nitrogens with zero attached hydrogens (tertiary/aromatic N) is 1. The van der Waals surface area contributed by atoms with Gasteiger partial charge in [0.2, 0.25) is 5.91 Å². The average molecular weight is 273 g/mol. The number of hydrogen-bond donors (Lipinski definition) is 2. The van der Waals surface area contributed by atoms with Crippen molar-refractivity contribution in [3.05, 3.63) is 0 Å². The van der Waals surface area contributed by atoms with Crippen LogP contribution in [0.5, 0.6) is 0 Å². The predicted octanol–water partition coefficient (Wildman–Crippen LogP) is -0.423. The van der Waals surface area contributed by atoms with Crippen molar-refractivity contribution in [2.45, 2.75) is 31.3 Å². The van der Waals surface area contributed by atoms with E-state index < -0.39 is 0 Å². The summed E-state index contributed by atoms with van der Waals surface area (Å²) in [4.78, 5) is 13.6. The summed E-state index contributed by atoms with van der Waals surface area (Å²) < 4.78 is 10.2. The molecule has 112 valence electrons. The minimum Gasteiger partial charge on any atom is -0.383 e. The van der Waals surface area contributed by atoms with E-state index in [0.29, 0.717) is 19.3 Å². The van der Waals surface area contributed by atoms with E-state index in [9.17, 15) is 4.79 Å². The summed E-state index contributed by atoms with van der Waals surface area (Å²) in [6.07, 6.45) is 3.04. The Morgan fingerprint density at radius 2 is 1.84 bits per heavy atom. The highest BCUT2D eigenvalue weighted by Gasteiger charge is 2.27. The van der Waals surface area contributed by atoms with Crippen LogP contribution < -0.4 is 11.1 Å². The summed E-state index contributed by atoms with van der Waals surface area (Å²) in [6.45, 7) is 3.87. The number of amides is 1. The van der Waals surface area contributed by atoms with Crippen molar-refractivity contribution in [3.8, 4) is 0 Å². The highest BCUT2D eigenvalue weighted by Crippen LogP contribution is 2.19. The van der Waals surface area contributed by atoms with E-state index in [2.05, 4.69) is 10.2 Å². The molecule has 0 aromatic carbocycles. The van der Waals surface area contributed by atoms with Crippen molar-refractivity contribution in [3.63, 3.8) is 0 Å². The molecule has 0 aliphatic heterocycles. The van der Waals surface area contributed by atoms with Gasteiger partial charge in [0.05, 0.1) is 19.3 Å². The molecule has 1 saturated carbocycles. The molecule has 0 saturated heterocycles. The molecule has 1 rings (SSSR count). The first-order valence-corrected chi connectivity index (χ1v) is 6.93. The third-order valence-corrected chi connectivity index (χ3v) is 3.31. The minimum atomic E-state index is -0.259. The number of rotatable bonds is 12. The van der Waals surface area contributed by atoms with E-state index in [-0.39, 0.29) is 11.9 Å². The lowest BCUT2D eigenvalue weighted by atomic mass is 10.2. The SMILES string of the molecule is COCCN(CCOC)CCC(NC1CC1)C(N)=O. The van der Waals surface area contributed by atoms with E-state index >= 15 is 0 Å². The zero-order chi connectivity index (χ0) is 14.1. The normalized spacial score (nSPS) is 16.8. The number of ether oxygens (including phenoxy) is 2. The van der Waals surface area contributed by atoms with E-state index in [1.165, 1.54) is 0 Å². The predicted molar refractivity (Wildman–Crippen MR) is 73.9 cm³/mol. The van der Waals surface area contributed by atoms with Crippen molar-refractivity contribution in [2.75, 3.05) is 47.1 Å². The Hall–Kier alpha value is -0.690. The third-order valence-electron chi connectivity index (χ3n) is 3.31. The standard InChI is InChI=1S/C13H27N3O3/c1-18-9-7-16(8-10-19-2)6-5-12(13(14)17)15-11-3-4-11/h11-12,15H,3-10H2,1-2H3,(H2,14,17). The van der Waals surface area contributed by atoms with Crippen LogP contribution in [0, 0.1) is 0 Å². The molecule has 0 aromatic rings. The summed E-state index contributed by atoms with van der Waals surface area (Å²) in [6, 6.07) is 0.268. The Balaban J connectivity index is 2.30. The molecular weight excluding hydrogens is 246 g/mol. The van der Waals surface area contributed by atoms with Crippen LogP contribution in [0.1, 0.15) is 19.3 Å². The van der Waals surface area contributed by atoms with Crippen LogP contribution in [0.2, 0.25) is 0 Å². The number of primary amides is 1. The van der Waals surface area contributed by atoms with Gasteiger partial charge in [0.25, 0.3) is 0 Å². The van der Waals surface area contributed by atoms with Gasteiger partial charge in [-0.15, -0.1) is 0 Å². The molecule has 0 bridgehead atoms. The Kier molecular flexibility index (Phi) is 7.97. The number of carbonyl (C=O) groups is 1. The van der Waals surface area contributed by atoms with Crippen LogP contribution in [-0.2, 0) is 14.3 Å². The van der Waals surface area contributed by atoms with Crippen molar-refractivity contribution in [1.82, 2.24) is 10.2 Å². The van der Waals surface area contributed by atoms with E-state index in [1.807, 2.05) is 0 Å². The first-order chi connectivity index (χ1) is 9.17. The second-order valence-corrected chi connectivity index (χ2v) is 5.01. The van der Waals surface area contributed by atoms with Crippen LogP contribution in [0.3, 0.4) is 0 Å². The lowest BCUT2D eigenvalue weighted by Crippen LogP contribution is -2.45. The molecule has 3 N–H and O–H groups in total. The number of nitrogens with two attached hydrogens (primary N) is 1. The van der Waals surface area contributed by atoms with Crippen molar-refractivity contribution in [1.29, 1.82) is 0 Å². The Labute approximate surface area is 115 Å². The molecule has 19 heavy (non-hydrogen) atoms. The zero-order valence-corrected chi connectivity index (χ0v) is 12.1. The molecule has 1 amide bonds. The molecule has 6 heteroatoms. The number of carbonyl (C=O) groups excluding carboxylic acids is 1. The van der Waals surface area contributed by atoms with Gasteiger partial charge in [-0.1, -0.05) is 0 Å². The fourth-order valence-corrected chi connectivity index (χ4v) is 1.93. The molecule has 0 spiro atoms. The van der Waals surface area contributed by atoms with Gasteiger partial charge in [0, 0.05) is 39.9 Å². The van der Waals surface area contributed by atoms with E-state index in [0.717, 1.165) is 38.9 Å². The molecule has 1 aliphatic rings. The van der Waals surface area contributed by atoms with Crippen LogP contribution in [-0.4, -0.2) is 70.0 Å². The van der Waals surface area contributed by atoms with E-state index in [4.69, 9.17) is 15.2 Å². The van der Waals surface area contributed by atoms with Gasteiger partial charge in [-0.25, -0.2) is 0 Å². The molecule has 0 heterocycles. The lowest BCUT2D eigenvalue weighted by Gasteiger charge is -2.24. The van der Waals surface area contributed by atoms with Crippen LogP contribution >= 0.6 is 0 Å². The molecule has 1 aliphatic carbocycles. The molecule has 1 unspecified atom stereocenters. The smallest absolute Gasteiger partial charge is 0.234 e. The van der Waals surface area contributed by atoms with E-state index in [1.54, 1.807) is 14.2 Å². The van der Waals surface area contributed by atoms with Gasteiger partial charge in [0.1, 0.15) is 0 Å². The average Bonchev–Trinajstić information content (AvgIpc) is 3.20. The van der Waals surface area contributed by atoms with Gasteiger partial charge < -0.3 is 20.5 Å². The van der Waals surface area contributed by atoms with Gasteiger partial charge in [0.15, 0.2) is 0 Å². The second kappa shape index (κ2) is 9.25. The summed E-state index contributed by atoms with van der Waals surface area (Å²) >= 11 is 0. The maximum absolute atomic E-state index is 11.4. The summed E-state index contributed by atoms with van der Waals surface area (Å²) in [7, 11) is 3.38. The quantitative estimate of drug-likeness (QED) is 0.505. The highest BCUT2D eigenvalue weighted by atomic mass is 16.5. The Bertz CT molecular complexity index is 252. The number of hydrogen-bond acceptors (Lipinski definition) is 5. The Morgan fingerprint density at radius 3 is 2.26 bits per heavy atom. The highest BCUT2D eigenvalue weighted by molar-refractivity contribution is 5.79. The molecule has 0 radical (unpaired) electrons. The van der Waals surface area contributed by atoms with Crippen molar-refractivity contribution < 1.29 is 14.3 Å². The Morgan fingerprint density at radius 1 is 1.26 bits per heavy atom. The van der Waals surface area contributed by atoms with Crippen LogP contribution in [0.4, 0.5) is 0 Å². The van der Waals surface area contributed by atoms with Gasteiger partial charge in [-0.05, 0) is 19.3 Å². The van der Waals surface area contributed by atoms with Crippen molar-refractivity contribution >= 4 is 5.91 Å². The van der Waals surface area contributed by atoms with Crippen LogP contribution in [0.15, 0.2) is 0 Å². The zero-order valence-electron chi connectivity index (χ0n) is 12.1. The second-order valence-electron chi connectivity index (χ2n) is 5.01. The lowest BCUT2D eigenvalue weighted by molar-refractivity contribution is -0.120. The summed E-state index contributed by atoms with van der Waals surface area (Å²) in [5.74, 6) is -0.259.